The quantitative estimate of drug-likeness (QED) is 0.483. The molecule has 2 aromatic heterocycles. The van der Waals surface area contributed by atoms with Crippen LogP contribution in [0.25, 0.3) is 21.8 Å². The fourth-order valence-corrected chi connectivity index (χ4v) is 3.96. The van der Waals surface area contributed by atoms with Crippen molar-refractivity contribution in [2.75, 3.05) is 0 Å². The number of nitrogens with zero attached hydrogens (tertiary/aromatic N) is 3. The Balaban J connectivity index is 1.83. The summed E-state index contributed by atoms with van der Waals surface area (Å²) in [4.78, 5) is 14.4. The summed E-state index contributed by atoms with van der Waals surface area (Å²) in [6, 6.07) is 18.8. The Hall–Kier alpha value is -2.85. The molecule has 26 heavy (non-hydrogen) atoms. The van der Waals surface area contributed by atoms with E-state index in [9.17, 15) is 0 Å². The van der Waals surface area contributed by atoms with Crippen LogP contribution in [0.2, 0.25) is 0 Å². The monoisotopic (exact) mass is 356 g/mol. The van der Waals surface area contributed by atoms with Gasteiger partial charge in [-0.2, -0.15) is 0 Å². The van der Waals surface area contributed by atoms with E-state index in [-0.39, 0.29) is 5.92 Å². The zero-order valence-corrected chi connectivity index (χ0v) is 15.5. The first kappa shape index (κ1) is 16.6. The highest BCUT2D eigenvalue weighted by molar-refractivity contribution is 7.13. The van der Waals surface area contributed by atoms with Gasteiger partial charge in [0.2, 0.25) is 0 Å². The largest absolute Gasteiger partial charge is 0.244 e. The van der Waals surface area contributed by atoms with E-state index in [0.717, 1.165) is 27.4 Å². The highest BCUT2D eigenvalue weighted by Crippen LogP contribution is 2.38. The third-order valence-corrected chi connectivity index (χ3v) is 5.37. The highest BCUT2D eigenvalue weighted by Gasteiger charge is 2.20. The molecule has 0 spiro atoms. The van der Waals surface area contributed by atoms with Gasteiger partial charge in [0, 0.05) is 23.2 Å². The van der Waals surface area contributed by atoms with Crippen LogP contribution in [0, 0.1) is 13.3 Å². The van der Waals surface area contributed by atoms with E-state index < -0.39 is 0 Å². The third kappa shape index (κ3) is 3.16. The molecule has 2 aromatic carbocycles. The molecule has 1 atom stereocenters. The summed E-state index contributed by atoms with van der Waals surface area (Å²) >= 11 is 1.61. The Morgan fingerprint density at radius 2 is 1.85 bits per heavy atom. The maximum atomic E-state index is 4.62. The minimum Gasteiger partial charge on any atom is -0.244 e. The van der Waals surface area contributed by atoms with Crippen LogP contribution in [0.15, 0.2) is 66.3 Å². The molecule has 4 aromatic rings. The molecule has 3 nitrogen and oxygen atoms in total. The first-order chi connectivity index (χ1) is 12.7. The Bertz CT molecular complexity index is 1020. The summed E-state index contributed by atoms with van der Waals surface area (Å²) in [7, 11) is 0. The third-order valence-electron chi connectivity index (χ3n) is 4.54. The summed E-state index contributed by atoms with van der Waals surface area (Å²) in [5, 5.41) is 0. The lowest BCUT2D eigenvalue weighted by molar-refractivity contribution is 0.898. The second-order valence-electron chi connectivity index (χ2n) is 6.31. The van der Waals surface area contributed by atoms with Crippen molar-refractivity contribution in [2.45, 2.75) is 19.8 Å². The molecule has 4 rings (SSSR count). The highest BCUT2D eigenvalue weighted by atomic mass is 32.1. The van der Waals surface area contributed by atoms with Gasteiger partial charge in [0.1, 0.15) is 0 Å². The van der Waals surface area contributed by atoms with Crippen LogP contribution in [0.1, 0.15) is 29.5 Å². The first-order valence-corrected chi connectivity index (χ1v) is 9.41. The summed E-state index contributed by atoms with van der Waals surface area (Å²) in [6.45, 7) is 4.28. The van der Waals surface area contributed by atoms with E-state index in [1.165, 1.54) is 11.1 Å². The summed E-state index contributed by atoms with van der Waals surface area (Å²) in [5.41, 5.74) is 8.42. The number of benzene rings is 2. The average molecular weight is 356 g/mol. The number of rotatable bonds is 4. The maximum Gasteiger partial charge on any atom is 0.198 e. The Labute approximate surface area is 157 Å². The van der Waals surface area contributed by atoms with Crippen molar-refractivity contribution in [1.82, 2.24) is 15.0 Å². The van der Waals surface area contributed by atoms with Crippen molar-refractivity contribution < 1.29 is 0 Å². The molecule has 4 heteroatoms. The molecule has 127 valence electrons. The van der Waals surface area contributed by atoms with Gasteiger partial charge in [0.25, 0.3) is 0 Å². The molecule has 0 aliphatic heterocycles. The summed E-state index contributed by atoms with van der Waals surface area (Å²) in [5.74, 6) is 0.188. The van der Waals surface area contributed by atoms with Gasteiger partial charge in [-0.15, -0.1) is 11.3 Å². The van der Waals surface area contributed by atoms with Crippen LogP contribution in [0.5, 0.6) is 0 Å². The van der Waals surface area contributed by atoms with Crippen LogP contribution in [0.4, 0.5) is 0 Å². The van der Waals surface area contributed by atoms with Gasteiger partial charge in [-0.1, -0.05) is 61.0 Å². The number of hydrogen-bond acceptors (Lipinski definition) is 4. The van der Waals surface area contributed by atoms with E-state index >= 15 is 0 Å². The first-order valence-electron chi connectivity index (χ1n) is 8.53. The van der Waals surface area contributed by atoms with Crippen LogP contribution < -0.4 is 0 Å². The van der Waals surface area contributed by atoms with Gasteiger partial charge in [0.15, 0.2) is 6.33 Å². The standard InChI is InChI=1S/C22H18N3S/c1-15-7-6-10-18(11-15)20-22(26-14-25-20)21-19(12-23-13-24-21)16(2)17-8-4-3-5-9-17/h3-12,14,16H,1-2H3/t16-/m0/s1. The minimum absolute atomic E-state index is 0.188. The number of aromatic nitrogens is 3. The average Bonchev–Trinajstić information content (AvgIpc) is 3.18. The predicted octanol–water partition coefficient (Wildman–Crippen LogP) is 5.53. The molecule has 0 aliphatic rings. The molecule has 2 heterocycles. The maximum absolute atomic E-state index is 4.62. The Kier molecular flexibility index (Phi) is 4.59. The fourth-order valence-electron chi connectivity index (χ4n) is 3.14. The lowest BCUT2D eigenvalue weighted by Gasteiger charge is -2.15. The van der Waals surface area contributed by atoms with Crippen molar-refractivity contribution in [1.29, 1.82) is 0 Å². The van der Waals surface area contributed by atoms with Crippen LogP contribution in [-0.2, 0) is 0 Å². The molecule has 0 saturated carbocycles. The SMILES string of the molecule is Cc1cccc(-c2ncsc2-c2n[c]ncc2[C@@H](C)c2ccccc2)c1. The number of hydrogen-bond donors (Lipinski definition) is 0. The number of thiazole rings is 1. The van der Waals surface area contributed by atoms with Crippen molar-refractivity contribution in [3.63, 3.8) is 0 Å². The van der Waals surface area contributed by atoms with Gasteiger partial charge in [-0.25, -0.2) is 15.0 Å². The van der Waals surface area contributed by atoms with Gasteiger partial charge in [0.05, 0.1) is 21.8 Å². The molecule has 1 radical (unpaired) electrons. The molecular formula is C22H18N3S. The second kappa shape index (κ2) is 7.18. The normalized spacial score (nSPS) is 12.1. The van der Waals surface area contributed by atoms with Crippen molar-refractivity contribution in [2.24, 2.45) is 0 Å². The lowest BCUT2D eigenvalue weighted by atomic mass is 9.92. The van der Waals surface area contributed by atoms with Gasteiger partial charge >= 0.3 is 0 Å². The Morgan fingerprint density at radius 1 is 1.00 bits per heavy atom. The molecule has 0 bridgehead atoms. The van der Waals surface area contributed by atoms with E-state index in [4.69, 9.17) is 0 Å². The van der Waals surface area contributed by atoms with Crippen molar-refractivity contribution in [3.05, 3.63) is 89.3 Å². The fraction of sp³-hybridized carbons (Fsp3) is 0.136. The minimum atomic E-state index is 0.188. The van der Waals surface area contributed by atoms with Crippen molar-refractivity contribution >= 4 is 11.3 Å². The molecule has 0 saturated heterocycles. The van der Waals surface area contributed by atoms with E-state index in [2.05, 4.69) is 83.7 Å². The zero-order valence-electron chi connectivity index (χ0n) is 14.7. The zero-order chi connectivity index (χ0) is 17.9. The van der Waals surface area contributed by atoms with E-state index in [1.807, 2.05) is 17.8 Å². The smallest absolute Gasteiger partial charge is 0.198 e. The van der Waals surface area contributed by atoms with Crippen LogP contribution >= 0.6 is 11.3 Å². The Morgan fingerprint density at radius 3 is 2.65 bits per heavy atom. The van der Waals surface area contributed by atoms with Gasteiger partial charge < -0.3 is 0 Å². The van der Waals surface area contributed by atoms with E-state index in [0.29, 0.717) is 0 Å². The lowest BCUT2D eigenvalue weighted by Crippen LogP contribution is -2.01. The molecule has 0 N–H and O–H groups in total. The molecule has 0 unspecified atom stereocenters. The summed E-state index contributed by atoms with van der Waals surface area (Å²) in [6.07, 6.45) is 4.64. The molecular weight excluding hydrogens is 338 g/mol. The van der Waals surface area contributed by atoms with Gasteiger partial charge in [-0.3, -0.25) is 0 Å². The van der Waals surface area contributed by atoms with Crippen LogP contribution in [0.3, 0.4) is 0 Å². The second-order valence-corrected chi connectivity index (χ2v) is 7.16. The van der Waals surface area contributed by atoms with Crippen LogP contribution in [-0.4, -0.2) is 15.0 Å². The topological polar surface area (TPSA) is 38.7 Å². The molecule has 0 fully saturated rings. The van der Waals surface area contributed by atoms with Crippen molar-refractivity contribution in [3.8, 4) is 21.8 Å². The molecule has 0 aliphatic carbocycles. The van der Waals surface area contributed by atoms with Gasteiger partial charge in [-0.05, 0) is 18.6 Å². The predicted molar refractivity (Wildman–Crippen MR) is 106 cm³/mol. The molecule has 0 amide bonds. The van der Waals surface area contributed by atoms with E-state index in [1.54, 1.807) is 11.3 Å². The number of aryl methyl sites for hydroxylation is 1. The summed E-state index contributed by atoms with van der Waals surface area (Å²) < 4.78 is 0.